The third-order valence-corrected chi connectivity index (χ3v) is 7.49. The van der Waals surface area contributed by atoms with Gasteiger partial charge in [0.15, 0.2) is 5.01 Å². The lowest BCUT2D eigenvalue weighted by molar-refractivity contribution is -0.00294. The van der Waals surface area contributed by atoms with E-state index in [-0.39, 0.29) is 6.09 Å². The Hall–Kier alpha value is -2.26. The highest BCUT2D eigenvalue weighted by atomic mass is 32.1. The number of amides is 1. The Balaban J connectivity index is 1.17. The van der Waals surface area contributed by atoms with Crippen LogP contribution in [0, 0.1) is 5.41 Å². The van der Waals surface area contributed by atoms with Gasteiger partial charge in [-0.05, 0) is 38.3 Å². The van der Waals surface area contributed by atoms with Gasteiger partial charge >= 0.3 is 6.09 Å². The third kappa shape index (κ3) is 3.65. The van der Waals surface area contributed by atoms with E-state index in [1.807, 2.05) is 24.1 Å². The van der Waals surface area contributed by atoms with Gasteiger partial charge in [-0.3, -0.25) is 4.90 Å². The van der Waals surface area contributed by atoms with E-state index >= 15 is 0 Å². The number of aromatic nitrogens is 3. The number of ether oxygens (including phenoxy) is 1. The highest BCUT2D eigenvalue weighted by molar-refractivity contribution is 7.12. The smallest absolute Gasteiger partial charge is 0.409 e. The number of nitrogens with zero attached hydrogens (tertiary/aromatic N) is 6. The van der Waals surface area contributed by atoms with Gasteiger partial charge in [0.05, 0.1) is 12.2 Å². The van der Waals surface area contributed by atoms with Crippen molar-refractivity contribution in [1.82, 2.24) is 25.0 Å². The van der Waals surface area contributed by atoms with Crippen molar-refractivity contribution in [3.8, 4) is 10.6 Å². The van der Waals surface area contributed by atoms with Crippen LogP contribution in [0.4, 0.5) is 10.6 Å². The molecule has 1 aliphatic carbocycles. The predicted molar refractivity (Wildman–Crippen MR) is 116 cm³/mol. The molecule has 1 amide bonds. The highest BCUT2D eigenvalue weighted by Gasteiger charge is 2.51. The normalized spacial score (nSPS) is 23.6. The molecule has 0 radical (unpaired) electrons. The van der Waals surface area contributed by atoms with Crippen LogP contribution in [-0.4, -0.2) is 83.0 Å². The highest BCUT2D eigenvalue weighted by Crippen LogP contribution is 2.47. The van der Waals surface area contributed by atoms with Crippen LogP contribution < -0.4 is 4.90 Å². The Morgan fingerprint density at radius 3 is 2.87 bits per heavy atom. The lowest BCUT2D eigenvalue weighted by atomic mass is 9.78. The van der Waals surface area contributed by atoms with Crippen LogP contribution in [-0.2, 0) is 4.74 Å². The number of rotatable bonds is 4. The molecule has 0 bridgehead atoms. The Bertz CT molecular complexity index is 877. The summed E-state index contributed by atoms with van der Waals surface area (Å²) in [7, 11) is 0. The summed E-state index contributed by atoms with van der Waals surface area (Å²) < 4.78 is 5.14. The zero-order valence-corrected chi connectivity index (χ0v) is 18.2. The van der Waals surface area contributed by atoms with Crippen LogP contribution in [0.5, 0.6) is 0 Å². The fourth-order valence-electron chi connectivity index (χ4n) is 5.29. The van der Waals surface area contributed by atoms with Crippen LogP contribution in [0.3, 0.4) is 0 Å². The van der Waals surface area contributed by atoms with Crippen molar-refractivity contribution in [2.45, 2.75) is 32.2 Å². The predicted octanol–water partition coefficient (Wildman–Crippen LogP) is 2.73. The summed E-state index contributed by atoms with van der Waals surface area (Å²) in [6, 6.07) is 4.68. The monoisotopic (exact) mass is 428 g/mol. The molecule has 0 N–H and O–H groups in total. The molecule has 3 aliphatic rings. The second-order valence-corrected chi connectivity index (χ2v) is 9.43. The Labute approximate surface area is 180 Å². The summed E-state index contributed by atoms with van der Waals surface area (Å²) in [6.45, 7) is 8.08. The molecule has 160 valence electrons. The van der Waals surface area contributed by atoms with Crippen LogP contribution in [0.2, 0.25) is 0 Å². The number of hydrogen-bond donors (Lipinski definition) is 0. The molecule has 1 atom stereocenters. The largest absolute Gasteiger partial charge is 0.450 e. The maximum atomic E-state index is 11.9. The molecular weight excluding hydrogens is 400 g/mol. The van der Waals surface area contributed by atoms with E-state index < -0.39 is 0 Å². The molecule has 1 spiro atoms. The quantitative estimate of drug-likeness (QED) is 0.741. The zero-order valence-electron chi connectivity index (χ0n) is 17.4. The van der Waals surface area contributed by atoms with Gasteiger partial charge in [-0.25, -0.2) is 9.78 Å². The van der Waals surface area contributed by atoms with E-state index in [2.05, 4.69) is 31.0 Å². The molecular formula is C21H28N6O2S. The molecule has 9 heteroatoms. The van der Waals surface area contributed by atoms with Crippen LogP contribution in [0.15, 0.2) is 23.8 Å². The van der Waals surface area contributed by atoms with Crippen molar-refractivity contribution in [2.75, 3.05) is 50.8 Å². The summed E-state index contributed by atoms with van der Waals surface area (Å²) in [5.41, 5.74) is 3.16. The van der Waals surface area contributed by atoms with Gasteiger partial charge in [-0.1, -0.05) is 11.3 Å². The summed E-state index contributed by atoms with van der Waals surface area (Å²) in [5.74, 6) is 1.01. The first-order valence-corrected chi connectivity index (χ1v) is 11.7. The van der Waals surface area contributed by atoms with E-state index in [4.69, 9.17) is 4.74 Å². The molecule has 1 saturated carbocycles. The number of likely N-dealkylation sites (tertiary alicyclic amines) is 1. The average Bonchev–Trinajstić information content (AvgIpc) is 3.43. The molecule has 2 aliphatic heterocycles. The van der Waals surface area contributed by atoms with Crippen molar-refractivity contribution < 1.29 is 9.53 Å². The minimum absolute atomic E-state index is 0.151. The van der Waals surface area contributed by atoms with Crippen LogP contribution in [0.25, 0.3) is 10.6 Å². The van der Waals surface area contributed by atoms with Crippen molar-refractivity contribution >= 4 is 23.2 Å². The summed E-state index contributed by atoms with van der Waals surface area (Å²) in [4.78, 5) is 23.5. The average molecular weight is 429 g/mol. The Kier molecular flexibility index (Phi) is 5.32. The van der Waals surface area contributed by atoms with Crippen molar-refractivity contribution in [3.63, 3.8) is 0 Å². The molecule has 30 heavy (non-hydrogen) atoms. The van der Waals surface area contributed by atoms with Crippen molar-refractivity contribution in [3.05, 3.63) is 23.8 Å². The van der Waals surface area contributed by atoms with E-state index in [0.29, 0.717) is 18.1 Å². The first-order chi connectivity index (χ1) is 14.7. The Morgan fingerprint density at radius 2 is 2.13 bits per heavy atom. The number of piperazine rings is 1. The maximum Gasteiger partial charge on any atom is 0.409 e. The zero-order chi connectivity index (χ0) is 20.6. The first kappa shape index (κ1) is 19.7. The molecule has 3 fully saturated rings. The summed E-state index contributed by atoms with van der Waals surface area (Å²) in [6.07, 6.45) is 5.36. The third-order valence-electron chi connectivity index (χ3n) is 6.76. The first-order valence-electron chi connectivity index (χ1n) is 10.8. The van der Waals surface area contributed by atoms with Gasteiger partial charge in [0.1, 0.15) is 11.3 Å². The molecule has 4 heterocycles. The van der Waals surface area contributed by atoms with Gasteiger partial charge in [0.2, 0.25) is 0 Å². The second-order valence-electron chi connectivity index (χ2n) is 8.59. The van der Waals surface area contributed by atoms with Gasteiger partial charge in [0, 0.05) is 56.9 Å². The van der Waals surface area contributed by atoms with Crippen LogP contribution >= 0.6 is 11.3 Å². The maximum absolute atomic E-state index is 11.9. The minimum Gasteiger partial charge on any atom is -0.450 e. The van der Waals surface area contributed by atoms with Gasteiger partial charge in [-0.15, -0.1) is 10.2 Å². The lowest BCUT2D eigenvalue weighted by Gasteiger charge is -2.48. The van der Waals surface area contributed by atoms with Crippen molar-refractivity contribution in [1.29, 1.82) is 0 Å². The molecule has 0 unspecified atom stereocenters. The number of hydrogen-bond acceptors (Lipinski definition) is 8. The molecule has 8 nitrogen and oxygen atoms in total. The van der Waals surface area contributed by atoms with E-state index in [1.54, 1.807) is 16.8 Å². The van der Waals surface area contributed by atoms with E-state index in [1.165, 1.54) is 19.3 Å². The Morgan fingerprint density at radius 1 is 1.30 bits per heavy atom. The molecule has 2 aromatic rings. The number of pyridine rings is 1. The molecule has 0 aromatic carbocycles. The molecule has 2 aromatic heterocycles. The topological polar surface area (TPSA) is 74.7 Å². The van der Waals surface area contributed by atoms with Crippen molar-refractivity contribution in [2.24, 2.45) is 5.41 Å². The number of anilines is 1. The van der Waals surface area contributed by atoms with Gasteiger partial charge in [0.25, 0.3) is 0 Å². The molecule has 5 rings (SSSR count). The fraction of sp³-hybridized carbons (Fsp3) is 0.619. The standard InChI is InChI=1S/C21H28N6O2S/c1-2-29-20(28)27-13-21(14-27)6-5-16(12-21)25-8-10-26(11-9-25)18-17(4-3-7-22-18)19-24-23-15-30-19/h3-4,7,15-16H,2,5-6,8-14H2,1H3/t16-/m1/s1. The number of carbonyl (C=O) groups is 1. The molecule has 2 saturated heterocycles. The summed E-state index contributed by atoms with van der Waals surface area (Å²) >= 11 is 1.55. The number of carbonyl (C=O) groups excluding carboxylic acids is 1. The second kappa shape index (κ2) is 8.11. The van der Waals surface area contributed by atoms with E-state index in [0.717, 1.165) is 55.7 Å². The van der Waals surface area contributed by atoms with E-state index in [9.17, 15) is 4.79 Å². The van der Waals surface area contributed by atoms with Gasteiger partial charge < -0.3 is 14.5 Å². The van der Waals surface area contributed by atoms with Gasteiger partial charge in [-0.2, -0.15) is 0 Å². The lowest BCUT2D eigenvalue weighted by Crippen LogP contribution is -2.58. The SMILES string of the molecule is CCOC(=O)N1CC2(CC[C@@H](N3CCN(c4ncccc4-c4nncs4)CC3)C2)C1. The fourth-order valence-corrected chi connectivity index (χ4v) is 5.86. The summed E-state index contributed by atoms with van der Waals surface area (Å²) in [5, 5.41) is 9.15. The van der Waals surface area contributed by atoms with Crippen LogP contribution in [0.1, 0.15) is 26.2 Å². The minimum atomic E-state index is -0.151.